The first-order chi connectivity index (χ1) is 8.89. The monoisotopic (exact) mass is 270 g/mol. The molecule has 0 aromatic heterocycles. The average molecular weight is 270 g/mol. The smallest absolute Gasteiger partial charge is 0.306 e. The highest BCUT2D eigenvalue weighted by Gasteiger charge is 2.38. The van der Waals surface area contributed by atoms with Gasteiger partial charge in [0.2, 0.25) is 0 Å². The van der Waals surface area contributed by atoms with Gasteiger partial charge in [0.1, 0.15) is 0 Å². The third kappa shape index (κ3) is 3.68. The molecule has 1 atom stereocenters. The lowest BCUT2D eigenvalue weighted by Crippen LogP contribution is -2.56. The van der Waals surface area contributed by atoms with E-state index in [1.165, 1.54) is 0 Å². The summed E-state index contributed by atoms with van der Waals surface area (Å²) in [6.45, 7) is 5.95. The lowest BCUT2D eigenvalue weighted by molar-refractivity contribution is -0.145. The number of carboxylic acids is 1. The van der Waals surface area contributed by atoms with Crippen molar-refractivity contribution in [3.63, 3.8) is 0 Å². The molecule has 110 valence electrons. The summed E-state index contributed by atoms with van der Waals surface area (Å²) in [4.78, 5) is 15.6. The quantitative estimate of drug-likeness (QED) is 0.787. The summed E-state index contributed by atoms with van der Waals surface area (Å²) in [6, 6.07) is 0.458. The van der Waals surface area contributed by atoms with Crippen LogP contribution in [0.25, 0.3) is 0 Å². The van der Waals surface area contributed by atoms with Crippen LogP contribution < -0.4 is 0 Å². The van der Waals surface area contributed by atoms with Crippen molar-refractivity contribution < 1.29 is 15.0 Å². The second-order valence-corrected chi connectivity index (χ2v) is 6.42. The number of piperazine rings is 1. The van der Waals surface area contributed by atoms with Crippen LogP contribution in [0.15, 0.2) is 0 Å². The minimum Gasteiger partial charge on any atom is -0.481 e. The van der Waals surface area contributed by atoms with Gasteiger partial charge in [-0.1, -0.05) is 0 Å². The van der Waals surface area contributed by atoms with Gasteiger partial charge < -0.3 is 15.1 Å². The van der Waals surface area contributed by atoms with Gasteiger partial charge >= 0.3 is 5.97 Å². The van der Waals surface area contributed by atoms with Crippen LogP contribution in [0.4, 0.5) is 0 Å². The number of aliphatic hydroxyl groups is 1. The molecular formula is C14H26N2O3. The zero-order valence-electron chi connectivity index (χ0n) is 12.0. The Kier molecular flexibility index (Phi) is 4.48. The Morgan fingerprint density at radius 1 is 1.32 bits per heavy atom. The standard InChI is InChI=1S/C14H26N2O3/c1-11-9-15(2)7-8-16(11)10-14(19)5-3-12(4-6-14)13(17)18/h11-12,19H,3-10H2,1-2H3,(H,17,18). The Morgan fingerprint density at radius 3 is 2.47 bits per heavy atom. The van der Waals surface area contributed by atoms with Crippen molar-refractivity contribution in [1.82, 2.24) is 9.80 Å². The number of carboxylic acid groups (broad SMARTS) is 1. The fourth-order valence-corrected chi connectivity index (χ4v) is 3.35. The third-order valence-corrected chi connectivity index (χ3v) is 4.73. The molecule has 5 nitrogen and oxygen atoms in total. The van der Waals surface area contributed by atoms with Gasteiger partial charge in [0.15, 0.2) is 0 Å². The van der Waals surface area contributed by atoms with Crippen LogP contribution in [0.5, 0.6) is 0 Å². The van der Waals surface area contributed by atoms with Crippen molar-refractivity contribution >= 4 is 5.97 Å². The Morgan fingerprint density at radius 2 is 1.95 bits per heavy atom. The summed E-state index contributed by atoms with van der Waals surface area (Å²) in [5.74, 6) is -0.972. The molecule has 2 fully saturated rings. The van der Waals surface area contributed by atoms with E-state index in [0.29, 0.717) is 38.3 Å². The lowest BCUT2D eigenvalue weighted by Gasteiger charge is -2.44. The van der Waals surface area contributed by atoms with Gasteiger partial charge in [-0.05, 0) is 39.7 Å². The van der Waals surface area contributed by atoms with Crippen LogP contribution in [0.3, 0.4) is 0 Å². The zero-order valence-corrected chi connectivity index (χ0v) is 12.0. The number of hydrogen-bond acceptors (Lipinski definition) is 4. The van der Waals surface area contributed by atoms with Crippen molar-refractivity contribution in [3.05, 3.63) is 0 Å². The Bertz CT molecular complexity index is 327. The van der Waals surface area contributed by atoms with Gasteiger partial charge in [0, 0.05) is 32.2 Å². The number of hydrogen-bond donors (Lipinski definition) is 2. The molecule has 0 aromatic carbocycles. The molecule has 2 aliphatic rings. The van der Waals surface area contributed by atoms with E-state index in [-0.39, 0.29) is 5.92 Å². The van der Waals surface area contributed by atoms with E-state index in [9.17, 15) is 9.90 Å². The molecule has 1 saturated heterocycles. The van der Waals surface area contributed by atoms with Crippen LogP contribution in [0, 0.1) is 5.92 Å². The molecule has 1 heterocycles. The molecule has 1 aliphatic carbocycles. The van der Waals surface area contributed by atoms with E-state index < -0.39 is 11.6 Å². The van der Waals surface area contributed by atoms with Crippen molar-refractivity contribution in [2.45, 2.75) is 44.2 Å². The first kappa shape index (κ1) is 14.8. The number of likely N-dealkylation sites (N-methyl/N-ethyl adjacent to an activating group) is 1. The van der Waals surface area contributed by atoms with Crippen molar-refractivity contribution in [1.29, 1.82) is 0 Å². The van der Waals surface area contributed by atoms with Gasteiger partial charge in [-0.3, -0.25) is 9.69 Å². The molecule has 0 radical (unpaired) electrons. The second-order valence-electron chi connectivity index (χ2n) is 6.42. The summed E-state index contributed by atoms with van der Waals surface area (Å²) in [7, 11) is 2.13. The predicted octanol–water partition coefficient (Wildman–Crippen LogP) is 0.628. The summed E-state index contributed by atoms with van der Waals surface area (Å²) in [6.07, 6.45) is 2.44. The highest BCUT2D eigenvalue weighted by atomic mass is 16.4. The number of β-amino-alcohol motifs (C(OH)–C–C–N with tert-alkyl or cyclic N) is 1. The molecule has 2 N–H and O–H groups in total. The zero-order chi connectivity index (χ0) is 14.0. The van der Waals surface area contributed by atoms with Crippen LogP contribution in [-0.2, 0) is 4.79 Å². The fourth-order valence-electron chi connectivity index (χ4n) is 3.35. The van der Waals surface area contributed by atoms with Crippen molar-refractivity contribution in [2.24, 2.45) is 5.92 Å². The fraction of sp³-hybridized carbons (Fsp3) is 0.929. The molecule has 0 bridgehead atoms. The minimum atomic E-state index is -0.713. The third-order valence-electron chi connectivity index (χ3n) is 4.73. The predicted molar refractivity (Wildman–Crippen MR) is 73.1 cm³/mol. The molecule has 0 aromatic rings. The van der Waals surface area contributed by atoms with E-state index in [1.54, 1.807) is 0 Å². The van der Waals surface area contributed by atoms with E-state index in [2.05, 4.69) is 23.8 Å². The van der Waals surface area contributed by atoms with Gasteiger partial charge in [-0.2, -0.15) is 0 Å². The maximum Gasteiger partial charge on any atom is 0.306 e. The van der Waals surface area contributed by atoms with Crippen LogP contribution in [-0.4, -0.2) is 70.9 Å². The maximum absolute atomic E-state index is 10.9. The molecule has 2 rings (SSSR count). The normalized spacial score (nSPS) is 38.3. The van der Waals surface area contributed by atoms with Gasteiger partial charge in [0.05, 0.1) is 11.5 Å². The Hall–Kier alpha value is -0.650. The van der Waals surface area contributed by atoms with E-state index in [1.807, 2.05) is 0 Å². The maximum atomic E-state index is 10.9. The topological polar surface area (TPSA) is 64.0 Å². The highest BCUT2D eigenvalue weighted by Crippen LogP contribution is 2.33. The molecular weight excluding hydrogens is 244 g/mol. The first-order valence-corrected chi connectivity index (χ1v) is 7.27. The number of carbonyl (C=O) groups is 1. The summed E-state index contributed by atoms with van der Waals surface area (Å²) < 4.78 is 0. The molecule has 5 heteroatoms. The Balaban J connectivity index is 1.87. The first-order valence-electron chi connectivity index (χ1n) is 7.27. The number of rotatable bonds is 3. The van der Waals surface area contributed by atoms with E-state index >= 15 is 0 Å². The van der Waals surface area contributed by atoms with E-state index in [4.69, 9.17) is 5.11 Å². The summed E-state index contributed by atoms with van der Waals surface area (Å²) in [5.41, 5.74) is -0.684. The van der Waals surface area contributed by atoms with Gasteiger partial charge in [-0.15, -0.1) is 0 Å². The van der Waals surface area contributed by atoms with Crippen LogP contribution in [0.1, 0.15) is 32.6 Å². The van der Waals surface area contributed by atoms with Crippen molar-refractivity contribution in [3.8, 4) is 0 Å². The minimum absolute atomic E-state index is 0.259. The van der Waals surface area contributed by atoms with E-state index in [0.717, 1.165) is 19.6 Å². The SMILES string of the molecule is CC1CN(C)CCN1CC1(O)CCC(C(=O)O)CC1. The van der Waals surface area contributed by atoms with Crippen LogP contribution >= 0.6 is 0 Å². The molecule has 1 saturated carbocycles. The largest absolute Gasteiger partial charge is 0.481 e. The number of aliphatic carboxylic acids is 1. The number of nitrogens with zero attached hydrogens (tertiary/aromatic N) is 2. The molecule has 1 aliphatic heterocycles. The summed E-state index contributed by atoms with van der Waals surface area (Å²) >= 11 is 0. The average Bonchev–Trinajstić information content (AvgIpc) is 2.33. The van der Waals surface area contributed by atoms with Crippen molar-refractivity contribution in [2.75, 3.05) is 33.2 Å². The lowest BCUT2D eigenvalue weighted by atomic mass is 9.78. The van der Waals surface area contributed by atoms with Gasteiger partial charge in [0.25, 0.3) is 0 Å². The second kappa shape index (κ2) is 5.77. The van der Waals surface area contributed by atoms with Crippen LogP contribution in [0.2, 0.25) is 0 Å². The molecule has 0 amide bonds. The molecule has 0 spiro atoms. The Labute approximate surface area is 115 Å². The highest BCUT2D eigenvalue weighted by molar-refractivity contribution is 5.70. The molecule has 19 heavy (non-hydrogen) atoms. The van der Waals surface area contributed by atoms with Gasteiger partial charge in [-0.25, -0.2) is 0 Å². The summed E-state index contributed by atoms with van der Waals surface area (Å²) in [5, 5.41) is 19.7. The molecule has 1 unspecified atom stereocenters.